The zero-order valence-electron chi connectivity index (χ0n) is 13.4. The second kappa shape index (κ2) is 7.89. The summed E-state index contributed by atoms with van der Waals surface area (Å²) in [7, 11) is 0. The summed E-state index contributed by atoms with van der Waals surface area (Å²) in [5.41, 5.74) is 4.92. The zero-order valence-corrected chi connectivity index (χ0v) is 14.2. The molecular formula is C16H20NO6S-. The first-order chi connectivity index (χ1) is 11.3. The standard InChI is InChI=1S/C16H21NO6S/c1-3-8-21-15(18)12-6-7-13(16(2,17)23-24(19)20)14(9-12)22-10-11-4-5-11/h3,6-7,9,11H,1,4-5,8,10,17H2,2H3,(H,19,20)/p-1. The third-order valence-electron chi connectivity index (χ3n) is 3.50. The first-order valence-corrected chi connectivity index (χ1v) is 8.46. The monoisotopic (exact) mass is 354 g/mol. The molecule has 7 nitrogen and oxygen atoms in total. The Morgan fingerprint density at radius 3 is 2.83 bits per heavy atom. The zero-order chi connectivity index (χ0) is 17.7. The second-order valence-electron chi connectivity index (χ2n) is 5.75. The minimum atomic E-state index is -2.80. The maximum atomic E-state index is 12.0. The van der Waals surface area contributed by atoms with E-state index in [1.54, 1.807) is 0 Å². The predicted octanol–water partition coefficient (Wildman–Crippen LogP) is 1.76. The van der Waals surface area contributed by atoms with Crippen molar-refractivity contribution in [1.82, 2.24) is 0 Å². The van der Waals surface area contributed by atoms with Gasteiger partial charge in [0.05, 0.1) is 23.5 Å². The van der Waals surface area contributed by atoms with Crippen molar-refractivity contribution in [1.29, 1.82) is 0 Å². The van der Waals surface area contributed by atoms with Gasteiger partial charge in [-0.05, 0) is 37.8 Å². The van der Waals surface area contributed by atoms with Crippen molar-refractivity contribution in [3.8, 4) is 5.75 Å². The molecule has 0 radical (unpaired) electrons. The first-order valence-electron chi connectivity index (χ1n) is 7.46. The van der Waals surface area contributed by atoms with Crippen molar-refractivity contribution in [2.24, 2.45) is 11.7 Å². The highest BCUT2D eigenvalue weighted by Crippen LogP contribution is 2.34. The van der Waals surface area contributed by atoms with Gasteiger partial charge in [-0.15, -0.1) is 0 Å². The number of esters is 1. The lowest BCUT2D eigenvalue weighted by atomic mass is 10.0. The lowest BCUT2D eigenvalue weighted by Gasteiger charge is -2.28. The van der Waals surface area contributed by atoms with E-state index < -0.39 is 23.1 Å². The van der Waals surface area contributed by atoms with E-state index >= 15 is 0 Å². The second-order valence-corrected chi connectivity index (χ2v) is 6.32. The van der Waals surface area contributed by atoms with Crippen LogP contribution in [0.1, 0.15) is 35.7 Å². The van der Waals surface area contributed by atoms with Crippen LogP contribution in [0, 0.1) is 5.92 Å². The van der Waals surface area contributed by atoms with Gasteiger partial charge in [-0.25, -0.2) is 9.00 Å². The van der Waals surface area contributed by atoms with Gasteiger partial charge in [0.1, 0.15) is 12.4 Å². The normalized spacial score (nSPS) is 17.6. The molecule has 1 aliphatic rings. The van der Waals surface area contributed by atoms with Crippen LogP contribution in [-0.2, 0) is 26.0 Å². The van der Waals surface area contributed by atoms with Crippen LogP contribution < -0.4 is 10.5 Å². The minimum Gasteiger partial charge on any atom is -0.750 e. The van der Waals surface area contributed by atoms with Gasteiger partial charge in [-0.3, -0.25) is 9.92 Å². The maximum Gasteiger partial charge on any atom is 0.338 e. The van der Waals surface area contributed by atoms with Crippen LogP contribution in [0.25, 0.3) is 0 Å². The van der Waals surface area contributed by atoms with E-state index in [0.717, 1.165) is 12.8 Å². The van der Waals surface area contributed by atoms with Crippen LogP contribution in [0.5, 0.6) is 5.75 Å². The topological polar surface area (TPSA) is 111 Å². The number of carbonyl (C=O) groups excluding carboxylic acids is 1. The van der Waals surface area contributed by atoms with Gasteiger partial charge in [-0.2, -0.15) is 0 Å². The molecule has 0 heterocycles. The highest BCUT2D eigenvalue weighted by atomic mass is 32.2. The van der Waals surface area contributed by atoms with Gasteiger partial charge in [0.25, 0.3) is 0 Å². The van der Waals surface area contributed by atoms with E-state index in [0.29, 0.717) is 23.8 Å². The molecule has 0 saturated heterocycles. The Labute approximate surface area is 143 Å². The summed E-state index contributed by atoms with van der Waals surface area (Å²) in [6.45, 7) is 5.44. The smallest absolute Gasteiger partial charge is 0.338 e. The van der Waals surface area contributed by atoms with Crippen molar-refractivity contribution in [3.63, 3.8) is 0 Å². The molecule has 1 fully saturated rings. The van der Waals surface area contributed by atoms with Crippen molar-refractivity contribution < 1.29 is 27.2 Å². The molecule has 0 aromatic heterocycles. The number of ether oxygens (including phenoxy) is 2. The fourth-order valence-corrected chi connectivity index (χ4v) is 2.45. The van der Waals surface area contributed by atoms with E-state index in [1.807, 2.05) is 0 Å². The van der Waals surface area contributed by atoms with Gasteiger partial charge in [-0.1, -0.05) is 18.7 Å². The fraction of sp³-hybridized carbons (Fsp3) is 0.438. The number of rotatable bonds is 9. The van der Waals surface area contributed by atoms with Gasteiger partial charge < -0.3 is 14.0 Å². The first kappa shape index (κ1) is 18.6. The van der Waals surface area contributed by atoms with E-state index in [9.17, 15) is 13.6 Å². The molecule has 0 spiro atoms. The largest absolute Gasteiger partial charge is 0.750 e. The molecule has 0 amide bonds. The number of benzene rings is 1. The molecular weight excluding hydrogens is 334 g/mol. The van der Waals surface area contributed by atoms with Crippen LogP contribution in [0.3, 0.4) is 0 Å². The van der Waals surface area contributed by atoms with Crippen LogP contribution in [0.4, 0.5) is 0 Å². The van der Waals surface area contributed by atoms with E-state index in [1.165, 1.54) is 31.2 Å². The molecule has 0 aliphatic heterocycles. The molecule has 1 aromatic rings. The number of nitrogens with two attached hydrogens (primary N) is 1. The van der Waals surface area contributed by atoms with Crippen LogP contribution >= 0.6 is 0 Å². The van der Waals surface area contributed by atoms with Gasteiger partial charge >= 0.3 is 5.97 Å². The number of hydrogen-bond acceptors (Lipinski definition) is 7. The molecule has 8 heteroatoms. The highest BCUT2D eigenvalue weighted by Gasteiger charge is 2.29. The molecule has 0 bridgehead atoms. The molecule has 24 heavy (non-hydrogen) atoms. The average molecular weight is 354 g/mol. The summed E-state index contributed by atoms with van der Waals surface area (Å²) >= 11 is -2.80. The Balaban J connectivity index is 2.28. The summed E-state index contributed by atoms with van der Waals surface area (Å²) in [5.74, 6) is 0.225. The Kier molecular flexibility index (Phi) is 6.11. The molecule has 1 aromatic carbocycles. The third-order valence-corrected chi connectivity index (χ3v) is 3.98. The summed E-state index contributed by atoms with van der Waals surface area (Å²) in [6, 6.07) is 4.46. The Hall–Kier alpha value is -1.74. The quantitative estimate of drug-likeness (QED) is 0.311. The molecule has 132 valence electrons. The van der Waals surface area contributed by atoms with Crippen LogP contribution in [-0.4, -0.2) is 27.9 Å². The molecule has 2 unspecified atom stereocenters. The lowest BCUT2D eigenvalue weighted by molar-refractivity contribution is 0.0547. The summed E-state index contributed by atoms with van der Waals surface area (Å²) in [6.07, 6.45) is 3.62. The molecule has 2 rings (SSSR count). The third kappa shape index (κ3) is 5.13. The van der Waals surface area contributed by atoms with Crippen molar-refractivity contribution >= 4 is 17.3 Å². The van der Waals surface area contributed by atoms with E-state index in [-0.39, 0.29) is 12.2 Å². The fourth-order valence-electron chi connectivity index (χ4n) is 2.08. The maximum absolute atomic E-state index is 12.0. The molecule has 2 N–H and O–H groups in total. The van der Waals surface area contributed by atoms with Crippen LogP contribution in [0.15, 0.2) is 30.9 Å². The average Bonchev–Trinajstić information content (AvgIpc) is 3.33. The summed E-state index contributed by atoms with van der Waals surface area (Å²) in [5, 5.41) is 0. The number of carbonyl (C=O) groups is 1. The Morgan fingerprint density at radius 1 is 1.54 bits per heavy atom. The Morgan fingerprint density at radius 2 is 2.25 bits per heavy atom. The predicted molar refractivity (Wildman–Crippen MR) is 86.7 cm³/mol. The lowest BCUT2D eigenvalue weighted by Crippen LogP contribution is -2.37. The highest BCUT2D eigenvalue weighted by molar-refractivity contribution is 7.74. The van der Waals surface area contributed by atoms with Gasteiger partial charge in [0.2, 0.25) is 0 Å². The summed E-state index contributed by atoms with van der Waals surface area (Å²) < 4.78 is 37.1. The minimum absolute atomic E-state index is 0.0890. The van der Waals surface area contributed by atoms with Gasteiger partial charge in [0.15, 0.2) is 5.72 Å². The Bertz CT molecular complexity index is 641. The van der Waals surface area contributed by atoms with Crippen molar-refractivity contribution in [2.75, 3.05) is 13.2 Å². The SMILES string of the molecule is C=CCOC(=O)c1ccc(C(C)(N)OS(=O)[O-])c(OCC2CC2)c1. The molecule has 1 saturated carbocycles. The van der Waals surface area contributed by atoms with E-state index in [2.05, 4.69) is 6.58 Å². The molecule has 1 aliphatic carbocycles. The van der Waals surface area contributed by atoms with E-state index in [4.69, 9.17) is 19.4 Å². The summed E-state index contributed by atoms with van der Waals surface area (Å²) in [4.78, 5) is 12.0. The van der Waals surface area contributed by atoms with Crippen molar-refractivity contribution in [3.05, 3.63) is 42.0 Å². The van der Waals surface area contributed by atoms with Gasteiger partial charge in [0, 0.05) is 5.56 Å². The van der Waals surface area contributed by atoms with Crippen molar-refractivity contribution in [2.45, 2.75) is 25.5 Å². The molecule has 2 atom stereocenters. The van der Waals surface area contributed by atoms with Crippen LogP contribution in [0.2, 0.25) is 0 Å². The number of hydrogen-bond donors (Lipinski definition) is 1.